The van der Waals surface area contributed by atoms with Gasteiger partial charge in [-0.1, -0.05) is 34.7 Å². The third kappa shape index (κ3) is 3.39. The number of rotatable bonds is 3. The molecule has 0 heterocycles. The minimum atomic E-state index is -3.32. The third-order valence-corrected chi connectivity index (χ3v) is 6.40. The van der Waals surface area contributed by atoms with E-state index in [1.54, 1.807) is 22.6 Å². The lowest BCUT2D eigenvalue weighted by molar-refractivity contribution is 0.197. The average molecular weight is 344 g/mol. The van der Waals surface area contributed by atoms with Crippen molar-refractivity contribution >= 4 is 32.4 Å². The molecule has 0 aliphatic heterocycles. The lowest BCUT2D eigenvalue weighted by Crippen LogP contribution is -2.21. The second kappa shape index (κ2) is 4.75. The Kier molecular flexibility index (Phi) is 4.07. The molecule has 0 aliphatic rings. The summed E-state index contributed by atoms with van der Waals surface area (Å²) in [6.07, 6.45) is -0.0853. The van der Waals surface area contributed by atoms with Crippen LogP contribution in [-0.2, 0) is 9.84 Å². The van der Waals surface area contributed by atoms with Gasteiger partial charge in [0.15, 0.2) is 9.84 Å². The molecule has 0 amide bonds. The van der Waals surface area contributed by atoms with Crippen molar-refractivity contribution in [1.82, 2.24) is 0 Å². The van der Waals surface area contributed by atoms with E-state index in [1.807, 2.05) is 0 Å². The Hall–Kier alpha value is -0.210. The molecule has 0 bridgehead atoms. The average Bonchev–Trinajstić information content (AvgIpc) is 2.15. The van der Waals surface area contributed by atoms with Crippen molar-refractivity contribution in [3.8, 4) is 0 Å². The molecule has 15 heavy (non-hydrogen) atoms. The molecular formula is C9H10FIO3S. The number of hydrogen-bond donors (Lipinski definition) is 1. The first kappa shape index (κ1) is 12.9. The molecule has 0 saturated heterocycles. The summed E-state index contributed by atoms with van der Waals surface area (Å²) in [4.78, 5) is 0. The predicted octanol–water partition coefficient (Wildman–Crippen LogP) is 1.66. The maximum Gasteiger partial charge on any atom is 0.162 e. The number of hydrogen-bond acceptors (Lipinski definition) is 3. The summed E-state index contributed by atoms with van der Waals surface area (Å²) in [6.45, 7) is 0. The molecule has 0 fully saturated rings. The van der Waals surface area contributed by atoms with Crippen molar-refractivity contribution in [2.45, 2.75) is 9.36 Å². The zero-order valence-electron chi connectivity index (χ0n) is 7.89. The number of benzene rings is 1. The Morgan fingerprint density at radius 3 is 2.20 bits per heavy atom. The minimum Gasteiger partial charge on any atom is -0.386 e. The van der Waals surface area contributed by atoms with Crippen LogP contribution in [0.5, 0.6) is 0 Å². The summed E-state index contributed by atoms with van der Waals surface area (Å²) in [5, 5.41) is 9.71. The van der Waals surface area contributed by atoms with Gasteiger partial charge in [0, 0.05) is 6.26 Å². The molecule has 3 nitrogen and oxygen atoms in total. The monoisotopic (exact) mass is 344 g/mol. The summed E-state index contributed by atoms with van der Waals surface area (Å²) < 4.78 is 34.0. The molecule has 2 atom stereocenters. The number of sulfone groups is 1. The molecule has 1 aromatic carbocycles. The predicted molar refractivity (Wildman–Crippen MR) is 64.0 cm³/mol. The first-order valence-electron chi connectivity index (χ1n) is 4.09. The highest BCUT2D eigenvalue weighted by Gasteiger charge is 2.26. The maximum absolute atomic E-state index is 12.6. The normalized spacial score (nSPS) is 16.0. The smallest absolute Gasteiger partial charge is 0.162 e. The number of alkyl halides is 1. The van der Waals surface area contributed by atoms with Crippen LogP contribution in [0.25, 0.3) is 0 Å². The topological polar surface area (TPSA) is 54.4 Å². The van der Waals surface area contributed by atoms with Gasteiger partial charge in [0.2, 0.25) is 0 Å². The highest BCUT2D eigenvalue weighted by Crippen LogP contribution is 2.26. The zero-order chi connectivity index (χ0) is 11.6. The van der Waals surface area contributed by atoms with Crippen LogP contribution in [0, 0.1) is 5.82 Å². The highest BCUT2D eigenvalue weighted by atomic mass is 127. The van der Waals surface area contributed by atoms with Gasteiger partial charge in [0.05, 0.1) is 0 Å². The lowest BCUT2D eigenvalue weighted by Gasteiger charge is -2.15. The van der Waals surface area contributed by atoms with Gasteiger partial charge in [-0.25, -0.2) is 12.8 Å². The van der Waals surface area contributed by atoms with E-state index < -0.39 is 25.0 Å². The molecular weight excluding hydrogens is 334 g/mol. The molecule has 1 aromatic rings. The van der Waals surface area contributed by atoms with Crippen LogP contribution in [0.1, 0.15) is 11.7 Å². The van der Waals surface area contributed by atoms with Crippen LogP contribution in [0.3, 0.4) is 0 Å². The lowest BCUT2D eigenvalue weighted by atomic mass is 10.1. The van der Waals surface area contributed by atoms with E-state index in [2.05, 4.69) is 0 Å². The minimum absolute atomic E-state index is 0.390. The zero-order valence-corrected chi connectivity index (χ0v) is 10.9. The summed E-state index contributed by atoms with van der Waals surface area (Å²) in [5.41, 5.74) is 0.390. The first-order chi connectivity index (χ1) is 6.82. The van der Waals surface area contributed by atoms with E-state index in [1.165, 1.54) is 24.3 Å². The van der Waals surface area contributed by atoms with Crippen LogP contribution < -0.4 is 0 Å². The van der Waals surface area contributed by atoms with E-state index in [0.717, 1.165) is 6.26 Å². The van der Waals surface area contributed by atoms with Crippen LogP contribution in [0.15, 0.2) is 24.3 Å². The fourth-order valence-corrected chi connectivity index (χ4v) is 2.09. The fourth-order valence-electron chi connectivity index (χ4n) is 1.05. The fraction of sp³-hybridized carbons (Fsp3) is 0.333. The SMILES string of the molecule is CS(=O)(=O)[C@@H](I)[C@@H](O)c1ccc(F)cc1. The van der Waals surface area contributed by atoms with E-state index in [0.29, 0.717) is 5.56 Å². The molecule has 6 heteroatoms. The first-order valence-corrected chi connectivity index (χ1v) is 7.29. The highest BCUT2D eigenvalue weighted by molar-refractivity contribution is 14.1. The Bertz CT molecular complexity index is 429. The van der Waals surface area contributed by atoms with Crippen molar-refractivity contribution in [1.29, 1.82) is 0 Å². The molecule has 1 N–H and O–H groups in total. The van der Waals surface area contributed by atoms with Crippen LogP contribution in [-0.4, -0.2) is 23.0 Å². The standard InChI is InChI=1S/C9H10FIO3S/c1-15(13,14)9(11)8(12)6-2-4-7(10)5-3-6/h2-5,8-9,12H,1H3/t8-,9+/m0/s1. The summed E-state index contributed by atoms with van der Waals surface area (Å²) in [7, 11) is -3.32. The van der Waals surface area contributed by atoms with Gasteiger partial charge in [-0.15, -0.1) is 0 Å². The summed E-state index contributed by atoms with van der Waals surface area (Å²) in [6, 6.07) is 5.11. The van der Waals surface area contributed by atoms with Crippen LogP contribution >= 0.6 is 22.6 Å². The van der Waals surface area contributed by atoms with Gasteiger partial charge in [0.1, 0.15) is 15.2 Å². The third-order valence-electron chi connectivity index (χ3n) is 1.87. The second-order valence-electron chi connectivity index (χ2n) is 3.18. The van der Waals surface area contributed by atoms with Crippen LogP contribution in [0.2, 0.25) is 0 Å². The summed E-state index contributed by atoms with van der Waals surface area (Å²) in [5.74, 6) is -0.421. The van der Waals surface area contributed by atoms with E-state index >= 15 is 0 Å². The molecule has 0 spiro atoms. The molecule has 1 rings (SSSR count). The maximum atomic E-state index is 12.6. The van der Waals surface area contributed by atoms with Crippen molar-refractivity contribution < 1.29 is 17.9 Å². The number of aliphatic hydroxyl groups excluding tert-OH is 1. The van der Waals surface area contributed by atoms with Crippen LogP contribution in [0.4, 0.5) is 4.39 Å². The molecule has 0 aliphatic carbocycles. The van der Waals surface area contributed by atoms with Gasteiger partial charge in [0.25, 0.3) is 0 Å². The van der Waals surface area contributed by atoms with Gasteiger partial charge in [-0.2, -0.15) is 0 Å². The number of halogens is 2. The Morgan fingerprint density at radius 2 is 1.80 bits per heavy atom. The Labute approximate surface area is 101 Å². The molecule has 84 valence electrons. The van der Waals surface area contributed by atoms with E-state index in [4.69, 9.17) is 0 Å². The van der Waals surface area contributed by atoms with Crippen molar-refractivity contribution in [3.05, 3.63) is 35.6 Å². The van der Waals surface area contributed by atoms with Crippen molar-refractivity contribution in [3.63, 3.8) is 0 Å². The number of aliphatic hydroxyl groups is 1. The van der Waals surface area contributed by atoms with Crippen molar-refractivity contribution in [2.24, 2.45) is 0 Å². The van der Waals surface area contributed by atoms with Gasteiger partial charge >= 0.3 is 0 Å². The molecule has 0 unspecified atom stereocenters. The Balaban J connectivity index is 2.95. The molecule has 0 saturated carbocycles. The van der Waals surface area contributed by atoms with E-state index in [9.17, 15) is 17.9 Å². The largest absolute Gasteiger partial charge is 0.386 e. The van der Waals surface area contributed by atoms with Crippen molar-refractivity contribution in [2.75, 3.05) is 6.26 Å². The van der Waals surface area contributed by atoms with Gasteiger partial charge in [-0.3, -0.25) is 0 Å². The Morgan fingerprint density at radius 1 is 1.33 bits per heavy atom. The van der Waals surface area contributed by atoms with Gasteiger partial charge in [-0.05, 0) is 17.7 Å². The van der Waals surface area contributed by atoms with Gasteiger partial charge < -0.3 is 5.11 Å². The second-order valence-corrected chi connectivity index (χ2v) is 7.53. The van der Waals surface area contributed by atoms with E-state index in [-0.39, 0.29) is 0 Å². The molecule has 0 aromatic heterocycles. The molecule has 0 radical (unpaired) electrons. The summed E-state index contributed by atoms with van der Waals surface area (Å²) >= 11 is 1.65. The quantitative estimate of drug-likeness (QED) is 0.670.